The van der Waals surface area contributed by atoms with Crippen molar-refractivity contribution in [3.63, 3.8) is 0 Å². The fourth-order valence-electron chi connectivity index (χ4n) is 1.35. The molecule has 1 unspecified atom stereocenters. The van der Waals surface area contributed by atoms with Gasteiger partial charge in [0, 0.05) is 17.8 Å². The van der Waals surface area contributed by atoms with Crippen molar-refractivity contribution in [1.29, 1.82) is 0 Å². The van der Waals surface area contributed by atoms with E-state index in [2.05, 4.69) is 15.4 Å². The Balaban J connectivity index is 2.43. The molecule has 0 amide bonds. The van der Waals surface area contributed by atoms with Gasteiger partial charge in [0.15, 0.2) is 0 Å². The van der Waals surface area contributed by atoms with E-state index in [4.69, 9.17) is 5.11 Å². The average molecular weight is 254 g/mol. The van der Waals surface area contributed by atoms with Gasteiger partial charge in [0.05, 0.1) is 6.61 Å². The van der Waals surface area contributed by atoms with Gasteiger partial charge >= 0.3 is 0 Å². The van der Waals surface area contributed by atoms with Crippen LogP contribution in [0.2, 0.25) is 0 Å². The van der Waals surface area contributed by atoms with Crippen molar-refractivity contribution in [3.8, 4) is 0 Å². The molecule has 0 fully saturated rings. The Bertz CT molecular complexity index is 577. The molecule has 1 atom stereocenters. The molecular formula is C10H14N4O2S. The second-order valence-corrected chi connectivity index (χ2v) is 4.72. The van der Waals surface area contributed by atoms with E-state index in [0.29, 0.717) is 10.1 Å². The Morgan fingerprint density at radius 2 is 2.41 bits per heavy atom. The Labute approximate surface area is 102 Å². The van der Waals surface area contributed by atoms with E-state index in [1.165, 1.54) is 21.9 Å². The van der Waals surface area contributed by atoms with Crippen LogP contribution in [0.15, 0.2) is 10.9 Å². The minimum absolute atomic E-state index is 0.0124. The van der Waals surface area contributed by atoms with Gasteiger partial charge < -0.3 is 10.4 Å². The third kappa shape index (κ3) is 2.45. The molecule has 17 heavy (non-hydrogen) atoms. The molecule has 2 heterocycles. The molecule has 0 saturated heterocycles. The molecule has 92 valence electrons. The highest BCUT2D eigenvalue weighted by atomic mass is 32.1. The van der Waals surface area contributed by atoms with Crippen LogP contribution in [0.25, 0.3) is 4.96 Å². The van der Waals surface area contributed by atoms with E-state index in [9.17, 15) is 4.79 Å². The number of hydrogen-bond donors (Lipinski definition) is 2. The van der Waals surface area contributed by atoms with E-state index in [1.54, 1.807) is 0 Å². The van der Waals surface area contributed by atoms with Crippen LogP contribution in [0.4, 0.5) is 5.13 Å². The zero-order valence-electron chi connectivity index (χ0n) is 9.67. The van der Waals surface area contributed by atoms with Crippen LogP contribution >= 0.6 is 11.3 Å². The summed E-state index contributed by atoms with van der Waals surface area (Å²) in [7, 11) is 0. The maximum Gasteiger partial charge on any atom is 0.275 e. The standard InChI is InChI=1S/C10H14N4O2S/c1-3-7-4-8(16)14-10(12-7)17-9(13-14)11-6(2)5-15/h4,6,15H,3,5H2,1-2H3,(H,11,13). The van der Waals surface area contributed by atoms with Gasteiger partial charge in [-0.25, -0.2) is 4.98 Å². The molecule has 2 N–H and O–H groups in total. The quantitative estimate of drug-likeness (QED) is 0.831. The second-order valence-electron chi connectivity index (χ2n) is 3.77. The maximum absolute atomic E-state index is 11.7. The van der Waals surface area contributed by atoms with Crippen molar-refractivity contribution in [3.05, 3.63) is 22.1 Å². The molecular weight excluding hydrogens is 240 g/mol. The van der Waals surface area contributed by atoms with E-state index in [1.807, 2.05) is 13.8 Å². The summed E-state index contributed by atoms with van der Waals surface area (Å²) in [6, 6.07) is 1.39. The lowest BCUT2D eigenvalue weighted by molar-refractivity contribution is 0.281. The molecule has 6 nitrogen and oxygen atoms in total. The molecule has 0 aliphatic carbocycles. The molecule has 7 heteroatoms. The van der Waals surface area contributed by atoms with Crippen molar-refractivity contribution < 1.29 is 5.11 Å². The summed E-state index contributed by atoms with van der Waals surface area (Å²) in [5, 5.41) is 16.6. The molecule has 0 radical (unpaired) electrons. The minimum atomic E-state index is -0.173. The van der Waals surface area contributed by atoms with Crippen molar-refractivity contribution in [2.45, 2.75) is 26.3 Å². The number of rotatable bonds is 4. The van der Waals surface area contributed by atoms with Gasteiger partial charge in [0.2, 0.25) is 10.1 Å². The highest BCUT2D eigenvalue weighted by molar-refractivity contribution is 7.20. The number of nitrogens with one attached hydrogen (secondary N) is 1. The Hall–Kier alpha value is -1.47. The number of aromatic nitrogens is 3. The summed E-state index contributed by atoms with van der Waals surface area (Å²) >= 11 is 1.30. The summed E-state index contributed by atoms with van der Waals surface area (Å²) < 4.78 is 1.27. The summed E-state index contributed by atoms with van der Waals surface area (Å²) in [6.45, 7) is 3.80. The second kappa shape index (κ2) is 4.80. The Morgan fingerprint density at radius 1 is 1.65 bits per heavy atom. The lowest BCUT2D eigenvalue weighted by atomic mass is 10.3. The van der Waals surface area contributed by atoms with Crippen molar-refractivity contribution >= 4 is 21.4 Å². The van der Waals surface area contributed by atoms with Gasteiger partial charge in [-0.2, -0.15) is 4.52 Å². The highest BCUT2D eigenvalue weighted by Gasteiger charge is 2.09. The monoisotopic (exact) mass is 254 g/mol. The first-order chi connectivity index (χ1) is 8.13. The van der Waals surface area contributed by atoms with Gasteiger partial charge in [-0.15, -0.1) is 5.10 Å². The minimum Gasteiger partial charge on any atom is -0.394 e. The van der Waals surface area contributed by atoms with Gasteiger partial charge in [-0.1, -0.05) is 18.3 Å². The predicted octanol–water partition coefficient (Wildman–Crippen LogP) is 0.506. The fourth-order valence-corrected chi connectivity index (χ4v) is 2.29. The summed E-state index contributed by atoms with van der Waals surface area (Å²) in [5.41, 5.74) is 0.591. The normalized spacial score (nSPS) is 12.9. The predicted molar refractivity (Wildman–Crippen MR) is 66.7 cm³/mol. The largest absolute Gasteiger partial charge is 0.394 e. The lowest BCUT2D eigenvalue weighted by Gasteiger charge is -2.06. The molecule has 0 aromatic carbocycles. The van der Waals surface area contributed by atoms with Gasteiger partial charge in [-0.05, 0) is 13.3 Å². The molecule has 0 aliphatic heterocycles. The zero-order chi connectivity index (χ0) is 12.4. The molecule has 2 aromatic rings. The summed E-state index contributed by atoms with van der Waals surface area (Å²) in [4.78, 5) is 16.6. The first kappa shape index (κ1) is 12.0. The number of hydrogen-bond acceptors (Lipinski definition) is 6. The smallest absolute Gasteiger partial charge is 0.275 e. The van der Waals surface area contributed by atoms with Gasteiger partial charge in [-0.3, -0.25) is 4.79 Å². The average Bonchev–Trinajstić information content (AvgIpc) is 2.71. The van der Waals surface area contributed by atoms with Gasteiger partial charge in [0.1, 0.15) is 0 Å². The van der Waals surface area contributed by atoms with Gasteiger partial charge in [0.25, 0.3) is 5.56 Å². The Kier molecular flexibility index (Phi) is 3.39. The third-order valence-electron chi connectivity index (χ3n) is 2.30. The Morgan fingerprint density at radius 3 is 3.06 bits per heavy atom. The third-order valence-corrected chi connectivity index (χ3v) is 3.14. The first-order valence-electron chi connectivity index (χ1n) is 5.41. The molecule has 2 aromatic heterocycles. The number of fused-ring (bicyclic) bond motifs is 1. The SMILES string of the molecule is CCc1cc(=O)n2nc(NC(C)CO)sc2n1. The van der Waals surface area contributed by atoms with Crippen molar-refractivity contribution in [1.82, 2.24) is 14.6 Å². The van der Waals surface area contributed by atoms with E-state index >= 15 is 0 Å². The van der Waals surface area contributed by atoms with Crippen LogP contribution in [-0.2, 0) is 6.42 Å². The van der Waals surface area contributed by atoms with E-state index in [-0.39, 0.29) is 18.2 Å². The number of aliphatic hydroxyl groups is 1. The fraction of sp³-hybridized carbons (Fsp3) is 0.500. The van der Waals surface area contributed by atoms with Crippen LogP contribution in [0.5, 0.6) is 0 Å². The van der Waals surface area contributed by atoms with Crippen molar-refractivity contribution in [2.75, 3.05) is 11.9 Å². The first-order valence-corrected chi connectivity index (χ1v) is 6.23. The van der Waals surface area contributed by atoms with Crippen LogP contribution < -0.4 is 10.9 Å². The number of anilines is 1. The van der Waals surface area contributed by atoms with Crippen LogP contribution in [0, 0.1) is 0 Å². The van der Waals surface area contributed by atoms with E-state index in [0.717, 1.165) is 12.1 Å². The van der Waals surface area contributed by atoms with Crippen molar-refractivity contribution in [2.24, 2.45) is 0 Å². The molecule has 2 rings (SSSR count). The van der Waals surface area contributed by atoms with Crippen LogP contribution in [0.3, 0.4) is 0 Å². The number of aryl methyl sites for hydroxylation is 1. The zero-order valence-corrected chi connectivity index (χ0v) is 10.5. The van der Waals surface area contributed by atoms with Crippen LogP contribution in [-0.4, -0.2) is 32.4 Å². The number of aliphatic hydroxyl groups excluding tert-OH is 1. The van der Waals surface area contributed by atoms with Crippen LogP contribution in [0.1, 0.15) is 19.5 Å². The molecule has 0 spiro atoms. The summed E-state index contributed by atoms with van der Waals surface area (Å²) in [6.07, 6.45) is 0.722. The molecule has 0 bridgehead atoms. The maximum atomic E-state index is 11.7. The summed E-state index contributed by atoms with van der Waals surface area (Å²) in [5.74, 6) is 0. The number of nitrogens with zero attached hydrogens (tertiary/aromatic N) is 3. The lowest BCUT2D eigenvalue weighted by Crippen LogP contribution is -2.20. The highest BCUT2D eigenvalue weighted by Crippen LogP contribution is 2.17. The topological polar surface area (TPSA) is 79.5 Å². The molecule has 0 aliphatic rings. The van der Waals surface area contributed by atoms with E-state index < -0.39 is 0 Å². The molecule has 0 saturated carbocycles.